The molecule has 1 fully saturated rings. The molecule has 1 amide bonds. The summed E-state index contributed by atoms with van der Waals surface area (Å²) < 4.78 is 37.5. The third-order valence-corrected chi connectivity index (χ3v) is 3.79. The topological polar surface area (TPSA) is 23.6 Å². The van der Waals surface area contributed by atoms with Crippen molar-refractivity contribution >= 4 is 5.91 Å². The molecule has 21 heavy (non-hydrogen) atoms. The van der Waals surface area contributed by atoms with Crippen molar-refractivity contribution in [3.8, 4) is 0 Å². The monoisotopic (exact) mass is 300 g/mol. The summed E-state index contributed by atoms with van der Waals surface area (Å²) in [7, 11) is 0. The normalized spacial score (nSPS) is 17.3. The Morgan fingerprint density at radius 2 is 1.57 bits per heavy atom. The molecule has 6 heteroatoms. The van der Waals surface area contributed by atoms with Gasteiger partial charge in [-0.05, 0) is 38.1 Å². The number of carbonyl (C=O) groups excluding carboxylic acids is 1. The van der Waals surface area contributed by atoms with Crippen molar-refractivity contribution in [1.29, 1.82) is 0 Å². The zero-order chi connectivity index (χ0) is 15.6. The van der Waals surface area contributed by atoms with Crippen LogP contribution in [0.15, 0.2) is 24.3 Å². The lowest BCUT2D eigenvalue weighted by Crippen LogP contribution is -2.50. The first-order valence-electron chi connectivity index (χ1n) is 6.99. The van der Waals surface area contributed by atoms with Gasteiger partial charge >= 0.3 is 6.18 Å². The number of nitrogens with zero attached hydrogens (tertiary/aromatic N) is 2. The van der Waals surface area contributed by atoms with Gasteiger partial charge in [-0.3, -0.25) is 9.69 Å². The van der Waals surface area contributed by atoms with Crippen molar-refractivity contribution in [2.45, 2.75) is 26.1 Å². The van der Waals surface area contributed by atoms with Gasteiger partial charge in [0, 0.05) is 37.8 Å². The fraction of sp³-hybridized carbons (Fsp3) is 0.533. The van der Waals surface area contributed by atoms with Gasteiger partial charge in [0.15, 0.2) is 0 Å². The van der Waals surface area contributed by atoms with E-state index in [1.165, 1.54) is 12.1 Å². The lowest BCUT2D eigenvalue weighted by Gasteiger charge is -2.37. The van der Waals surface area contributed by atoms with Crippen molar-refractivity contribution in [1.82, 2.24) is 9.80 Å². The van der Waals surface area contributed by atoms with Crippen LogP contribution in [0.25, 0.3) is 0 Å². The molecule has 1 aliphatic heterocycles. The highest BCUT2D eigenvalue weighted by Crippen LogP contribution is 2.29. The minimum absolute atomic E-state index is 0.202. The number of piperazine rings is 1. The van der Waals surface area contributed by atoms with Crippen LogP contribution in [0.4, 0.5) is 13.2 Å². The first-order chi connectivity index (χ1) is 9.79. The highest BCUT2D eigenvalue weighted by molar-refractivity contribution is 5.94. The molecule has 1 aliphatic rings. The summed E-state index contributed by atoms with van der Waals surface area (Å²) >= 11 is 0. The zero-order valence-electron chi connectivity index (χ0n) is 12.2. The maximum atomic E-state index is 12.5. The molecule has 0 aromatic heterocycles. The Kier molecular flexibility index (Phi) is 4.56. The molecule has 3 nitrogen and oxygen atoms in total. The second kappa shape index (κ2) is 6.05. The zero-order valence-corrected chi connectivity index (χ0v) is 12.2. The lowest BCUT2D eigenvalue weighted by atomic mass is 10.1. The van der Waals surface area contributed by atoms with E-state index in [2.05, 4.69) is 18.7 Å². The number of hydrogen-bond donors (Lipinski definition) is 0. The van der Waals surface area contributed by atoms with Gasteiger partial charge < -0.3 is 4.90 Å². The molecule has 0 bridgehead atoms. The highest BCUT2D eigenvalue weighted by Gasteiger charge is 2.30. The Hall–Kier alpha value is -1.56. The molecule has 1 saturated heterocycles. The second-order valence-electron chi connectivity index (χ2n) is 5.50. The van der Waals surface area contributed by atoms with Crippen molar-refractivity contribution in [3.05, 3.63) is 35.4 Å². The Morgan fingerprint density at radius 1 is 1.05 bits per heavy atom. The van der Waals surface area contributed by atoms with E-state index >= 15 is 0 Å². The van der Waals surface area contributed by atoms with E-state index in [9.17, 15) is 18.0 Å². The average molecular weight is 300 g/mol. The van der Waals surface area contributed by atoms with E-state index in [1.54, 1.807) is 4.90 Å². The quantitative estimate of drug-likeness (QED) is 0.838. The summed E-state index contributed by atoms with van der Waals surface area (Å²) in [5, 5.41) is 0. The maximum Gasteiger partial charge on any atom is 0.416 e. The summed E-state index contributed by atoms with van der Waals surface area (Å²) in [6.45, 7) is 7.02. The summed E-state index contributed by atoms with van der Waals surface area (Å²) in [6.07, 6.45) is -4.37. The lowest BCUT2D eigenvalue weighted by molar-refractivity contribution is -0.137. The van der Waals surface area contributed by atoms with Crippen LogP contribution in [0.2, 0.25) is 0 Å². The molecule has 0 unspecified atom stereocenters. The fourth-order valence-corrected chi connectivity index (χ4v) is 2.43. The Balaban J connectivity index is 2.01. The first kappa shape index (κ1) is 15.8. The van der Waals surface area contributed by atoms with E-state index in [-0.39, 0.29) is 5.91 Å². The van der Waals surface area contributed by atoms with Crippen LogP contribution in [-0.4, -0.2) is 47.9 Å². The molecule has 1 heterocycles. The third-order valence-electron chi connectivity index (χ3n) is 3.79. The average Bonchev–Trinajstić information content (AvgIpc) is 2.46. The molecular formula is C15H19F3N2O. The van der Waals surface area contributed by atoms with E-state index in [1.807, 2.05) is 0 Å². The predicted octanol–water partition coefficient (Wildman–Crippen LogP) is 2.87. The molecule has 2 rings (SSSR count). The van der Waals surface area contributed by atoms with Gasteiger partial charge in [0.05, 0.1) is 5.56 Å². The van der Waals surface area contributed by atoms with E-state index in [0.717, 1.165) is 25.2 Å². The van der Waals surface area contributed by atoms with E-state index in [4.69, 9.17) is 0 Å². The summed E-state index contributed by atoms with van der Waals surface area (Å²) in [5.41, 5.74) is -0.426. The van der Waals surface area contributed by atoms with E-state index in [0.29, 0.717) is 24.7 Å². The van der Waals surface area contributed by atoms with Gasteiger partial charge in [0.1, 0.15) is 0 Å². The molecule has 0 radical (unpaired) electrons. The van der Waals surface area contributed by atoms with Crippen LogP contribution in [0.3, 0.4) is 0 Å². The van der Waals surface area contributed by atoms with Crippen LogP contribution in [0.5, 0.6) is 0 Å². The first-order valence-corrected chi connectivity index (χ1v) is 6.99. The Morgan fingerprint density at radius 3 is 2.00 bits per heavy atom. The molecule has 1 aromatic rings. The minimum atomic E-state index is -4.37. The largest absolute Gasteiger partial charge is 0.416 e. The molecule has 1 aromatic carbocycles. The third kappa shape index (κ3) is 3.75. The van der Waals surface area contributed by atoms with Crippen LogP contribution in [0.1, 0.15) is 29.8 Å². The van der Waals surface area contributed by atoms with Crippen LogP contribution in [-0.2, 0) is 6.18 Å². The molecule has 0 spiro atoms. The van der Waals surface area contributed by atoms with Gasteiger partial charge in [0.2, 0.25) is 0 Å². The number of rotatable bonds is 2. The fourth-order valence-electron chi connectivity index (χ4n) is 2.43. The van der Waals surface area contributed by atoms with Gasteiger partial charge in [-0.2, -0.15) is 13.2 Å². The van der Waals surface area contributed by atoms with Crippen LogP contribution in [0, 0.1) is 0 Å². The van der Waals surface area contributed by atoms with Crippen molar-refractivity contribution in [2.75, 3.05) is 26.2 Å². The molecular weight excluding hydrogens is 281 g/mol. The molecule has 0 saturated carbocycles. The number of amides is 1. The smallest absolute Gasteiger partial charge is 0.336 e. The van der Waals surface area contributed by atoms with Crippen LogP contribution < -0.4 is 0 Å². The van der Waals surface area contributed by atoms with Gasteiger partial charge in [0.25, 0.3) is 5.91 Å². The van der Waals surface area contributed by atoms with Gasteiger partial charge in [-0.1, -0.05) is 0 Å². The van der Waals surface area contributed by atoms with Crippen LogP contribution >= 0.6 is 0 Å². The van der Waals surface area contributed by atoms with Gasteiger partial charge in [-0.25, -0.2) is 0 Å². The predicted molar refractivity (Wildman–Crippen MR) is 74.1 cm³/mol. The Labute approximate surface area is 122 Å². The Bertz CT molecular complexity index is 489. The highest BCUT2D eigenvalue weighted by atomic mass is 19.4. The maximum absolute atomic E-state index is 12.5. The molecule has 0 atom stereocenters. The van der Waals surface area contributed by atoms with Crippen molar-refractivity contribution < 1.29 is 18.0 Å². The molecule has 0 N–H and O–H groups in total. The number of carbonyl (C=O) groups is 1. The van der Waals surface area contributed by atoms with E-state index < -0.39 is 11.7 Å². The summed E-state index contributed by atoms with van der Waals surface area (Å²) in [4.78, 5) is 16.2. The van der Waals surface area contributed by atoms with Gasteiger partial charge in [-0.15, -0.1) is 0 Å². The minimum Gasteiger partial charge on any atom is -0.336 e. The van der Waals surface area contributed by atoms with Crippen molar-refractivity contribution in [2.24, 2.45) is 0 Å². The number of alkyl halides is 3. The summed E-state index contributed by atoms with van der Waals surface area (Å²) in [5.74, 6) is -0.202. The SMILES string of the molecule is CC(C)N1CCN(C(=O)c2ccc(C(F)(F)F)cc2)CC1. The number of halogens is 3. The summed E-state index contributed by atoms with van der Waals surface area (Å²) in [6, 6.07) is 4.85. The second-order valence-corrected chi connectivity index (χ2v) is 5.50. The number of benzene rings is 1. The number of hydrogen-bond acceptors (Lipinski definition) is 2. The molecule has 0 aliphatic carbocycles. The molecule has 116 valence electrons. The standard InChI is InChI=1S/C15H19F3N2O/c1-11(2)19-7-9-20(10-8-19)14(21)12-3-5-13(6-4-12)15(16,17)18/h3-6,11H,7-10H2,1-2H3. The van der Waals surface area contributed by atoms with Crippen molar-refractivity contribution in [3.63, 3.8) is 0 Å².